The minimum absolute atomic E-state index is 0.528. The van der Waals surface area contributed by atoms with Crippen LogP contribution in [0.5, 0.6) is 0 Å². The van der Waals surface area contributed by atoms with Gasteiger partial charge in [-0.25, -0.2) is 0 Å². The van der Waals surface area contributed by atoms with Gasteiger partial charge in [0.25, 0.3) is 0 Å². The van der Waals surface area contributed by atoms with Gasteiger partial charge in [-0.2, -0.15) is 4.37 Å². The Labute approximate surface area is 102 Å². The lowest BCUT2D eigenvalue weighted by Crippen LogP contribution is -2.29. The van der Waals surface area contributed by atoms with Crippen molar-refractivity contribution in [2.45, 2.75) is 52.5 Å². The van der Waals surface area contributed by atoms with Crippen LogP contribution in [-0.4, -0.2) is 10.4 Å². The fraction of sp³-hybridized carbons (Fsp3) is 0.750. The Balaban J connectivity index is 1.94. The van der Waals surface area contributed by atoms with Gasteiger partial charge in [0.15, 0.2) is 0 Å². The van der Waals surface area contributed by atoms with Gasteiger partial charge in [-0.05, 0) is 49.6 Å². The summed E-state index contributed by atoms with van der Waals surface area (Å²) in [5.41, 5.74) is 7.38. The van der Waals surface area contributed by atoms with Crippen molar-refractivity contribution < 1.29 is 0 Å². The quantitative estimate of drug-likeness (QED) is 0.831. The third-order valence-electron chi connectivity index (χ3n) is 3.63. The molecule has 0 bridgehead atoms. The van der Waals surface area contributed by atoms with E-state index in [-0.39, 0.29) is 0 Å². The SMILES string of the molecule is Cc1c(N)nsc1NC1CCC(C)(C)CC1. The predicted molar refractivity (Wildman–Crippen MR) is 70.9 cm³/mol. The number of nitrogen functional groups attached to an aromatic ring is 1. The van der Waals surface area contributed by atoms with Crippen molar-refractivity contribution in [1.29, 1.82) is 0 Å². The number of nitrogens with two attached hydrogens (primary N) is 1. The summed E-state index contributed by atoms with van der Waals surface area (Å²) in [6, 6.07) is 0.603. The summed E-state index contributed by atoms with van der Waals surface area (Å²) in [7, 11) is 0. The lowest BCUT2D eigenvalue weighted by molar-refractivity contribution is 0.232. The predicted octanol–water partition coefficient (Wildman–Crippen LogP) is 3.41. The Bertz CT molecular complexity index is 360. The Morgan fingerprint density at radius 3 is 2.50 bits per heavy atom. The maximum absolute atomic E-state index is 5.75. The van der Waals surface area contributed by atoms with E-state index in [1.165, 1.54) is 37.2 Å². The van der Waals surface area contributed by atoms with Crippen LogP contribution >= 0.6 is 11.5 Å². The minimum Gasteiger partial charge on any atom is -0.383 e. The normalized spacial score (nSPS) is 20.9. The van der Waals surface area contributed by atoms with E-state index in [9.17, 15) is 0 Å². The van der Waals surface area contributed by atoms with Gasteiger partial charge < -0.3 is 11.1 Å². The van der Waals surface area contributed by atoms with Crippen molar-refractivity contribution in [2.24, 2.45) is 5.41 Å². The Morgan fingerprint density at radius 1 is 1.38 bits per heavy atom. The number of nitrogens with zero attached hydrogens (tertiary/aromatic N) is 1. The molecule has 4 heteroatoms. The van der Waals surface area contributed by atoms with Crippen molar-refractivity contribution in [1.82, 2.24) is 4.37 Å². The number of nitrogens with one attached hydrogen (secondary N) is 1. The number of rotatable bonds is 2. The molecule has 1 fully saturated rings. The molecule has 1 aliphatic rings. The molecule has 1 aromatic heterocycles. The van der Waals surface area contributed by atoms with Crippen LogP contribution < -0.4 is 11.1 Å². The van der Waals surface area contributed by atoms with Gasteiger partial charge in [-0.15, -0.1) is 0 Å². The highest BCUT2D eigenvalue weighted by molar-refractivity contribution is 7.10. The second-order valence-corrected chi connectivity index (χ2v) is 6.38. The van der Waals surface area contributed by atoms with Crippen LogP contribution in [-0.2, 0) is 0 Å². The molecular formula is C12H21N3S. The lowest BCUT2D eigenvalue weighted by Gasteiger charge is -2.34. The lowest BCUT2D eigenvalue weighted by atomic mass is 9.75. The summed E-state index contributed by atoms with van der Waals surface area (Å²) in [5.74, 6) is 0.670. The van der Waals surface area contributed by atoms with E-state index < -0.39 is 0 Å². The van der Waals surface area contributed by atoms with Crippen LogP contribution in [0.25, 0.3) is 0 Å². The van der Waals surface area contributed by atoms with Crippen LogP contribution in [0.3, 0.4) is 0 Å². The first-order chi connectivity index (χ1) is 7.48. The number of aromatic nitrogens is 1. The molecular weight excluding hydrogens is 218 g/mol. The third-order valence-corrected chi connectivity index (χ3v) is 4.53. The summed E-state index contributed by atoms with van der Waals surface area (Å²) in [6.45, 7) is 6.76. The van der Waals surface area contributed by atoms with Gasteiger partial charge in [0.1, 0.15) is 10.8 Å². The van der Waals surface area contributed by atoms with E-state index in [0.717, 1.165) is 10.6 Å². The van der Waals surface area contributed by atoms with Crippen LogP contribution in [0.2, 0.25) is 0 Å². The molecule has 0 saturated heterocycles. The highest BCUT2D eigenvalue weighted by Gasteiger charge is 2.27. The summed E-state index contributed by atoms with van der Waals surface area (Å²) in [6.07, 6.45) is 5.12. The van der Waals surface area contributed by atoms with E-state index in [2.05, 4.69) is 23.5 Å². The number of hydrogen-bond acceptors (Lipinski definition) is 4. The molecule has 0 aliphatic heterocycles. The maximum Gasteiger partial charge on any atom is 0.142 e. The first kappa shape index (κ1) is 11.7. The van der Waals surface area contributed by atoms with Gasteiger partial charge in [0.2, 0.25) is 0 Å². The van der Waals surface area contributed by atoms with Gasteiger partial charge >= 0.3 is 0 Å². The van der Waals surface area contributed by atoms with Gasteiger partial charge in [-0.1, -0.05) is 13.8 Å². The third kappa shape index (κ3) is 2.48. The maximum atomic E-state index is 5.75. The molecule has 0 atom stereocenters. The van der Waals surface area contributed by atoms with Crippen molar-refractivity contribution in [3.63, 3.8) is 0 Å². The van der Waals surface area contributed by atoms with Crippen LogP contribution in [0.15, 0.2) is 0 Å². The van der Waals surface area contributed by atoms with E-state index in [1.807, 2.05) is 6.92 Å². The van der Waals surface area contributed by atoms with E-state index in [0.29, 0.717) is 17.3 Å². The zero-order valence-electron chi connectivity index (χ0n) is 10.3. The molecule has 0 unspecified atom stereocenters. The average molecular weight is 239 g/mol. The smallest absolute Gasteiger partial charge is 0.142 e. The molecule has 1 aliphatic carbocycles. The van der Waals surface area contributed by atoms with Crippen LogP contribution in [0.4, 0.5) is 10.8 Å². The summed E-state index contributed by atoms with van der Waals surface area (Å²) in [5, 5.41) is 4.74. The molecule has 1 saturated carbocycles. The zero-order chi connectivity index (χ0) is 11.8. The molecule has 1 heterocycles. The molecule has 2 rings (SSSR count). The van der Waals surface area contributed by atoms with Crippen molar-refractivity contribution in [3.05, 3.63) is 5.56 Å². The number of anilines is 2. The van der Waals surface area contributed by atoms with Crippen LogP contribution in [0.1, 0.15) is 45.1 Å². The summed E-state index contributed by atoms with van der Waals surface area (Å²) < 4.78 is 4.17. The second-order valence-electron chi connectivity index (χ2n) is 5.60. The zero-order valence-corrected chi connectivity index (χ0v) is 11.2. The Morgan fingerprint density at radius 2 is 2.00 bits per heavy atom. The standard InChI is InChI=1S/C12H21N3S/c1-8-10(13)15-16-11(8)14-9-4-6-12(2,3)7-5-9/h9,14H,4-7H2,1-3H3,(H2,13,15). The van der Waals surface area contributed by atoms with Crippen molar-refractivity contribution >= 4 is 22.4 Å². The molecule has 3 N–H and O–H groups in total. The van der Waals surface area contributed by atoms with Crippen molar-refractivity contribution in [3.8, 4) is 0 Å². The van der Waals surface area contributed by atoms with Gasteiger partial charge in [-0.3, -0.25) is 0 Å². The Hall–Kier alpha value is -0.770. The summed E-state index contributed by atoms with van der Waals surface area (Å²) in [4.78, 5) is 0. The Kier molecular flexibility index (Phi) is 3.10. The minimum atomic E-state index is 0.528. The molecule has 0 spiro atoms. The molecule has 0 aromatic carbocycles. The first-order valence-electron chi connectivity index (χ1n) is 5.96. The highest BCUT2D eigenvalue weighted by atomic mass is 32.1. The average Bonchev–Trinajstić information content (AvgIpc) is 2.53. The monoisotopic (exact) mass is 239 g/mol. The van der Waals surface area contributed by atoms with E-state index in [4.69, 9.17) is 5.73 Å². The molecule has 1 aromatic rings. The molecule has 0 radical (unpaired) electrons. The highest BCUT2D eigenvalue weighted by Crippen LogP contribution is 2.37. The molecule has 90 valence electrons. The van der Waals surface area contributed by atoms with Crippen molar-refractivity contribution in [2.75, 3.05) is 11.1 Å². The topological polar surface area (TPSA) is 50.9 Å². The fourth-order valence-corrected chi connectivity index (χ4v) is 3.00. The molecule has 3 nitrogen and oxygen atoms in total. The largest absolute Gasteiger partial charge is 0.383 e. The first-order valence-corrected chi connectivity index (χ1v) is 6.73. The molecule has 0 amide bonds. The fourth-order valence-electron chi connectivity index (χ4n) is 2.21. The van der Waals surface area contributed by atoms with Gasteiger partial charge in [0.05, 0.1) is 0 Å². The van der Waals surface area contributed by atoms with E-state index in [1.54, 1.807) is 0 Å². The van der Waals surface area contributed by atoms with Crippen LogP contribution in [0, 0.1) is 12.3 Å². The van der Waals surface area contributed by atoms with E-state index >= 15 is 0 Å². The summed E-state index contributed by atoms with van der Waals surface area (Å²) >= 11 is 1.48. The van der Waals surface area contributed by atoms with Gasteiger partial charge in [0, 0.05) is 11.6 Å². The molecule has 16 heavy (non-hydrogen) atoms. The number of hydrogen-bond donors (Lipinski definition) is 2. The second kappa shape index (κ2) is 4.24.